The normalized spacial score (nSPS) is 16.6. The molecule has 1 aliphatic rings. The number of aliphatic hydroxyl groups excluding tert-OH is 1. The van der Waals surface area contributed by atoms with Gasteiger partial charge in [-0.05, 0) is 74.4 Å². The smallest absolute Gasteiger partial charge is 0.338 e. The number of hydrogen-bond acceptors (Lipinski definition) is 6. The molecule has 0 radical (unpaired) electrons. The minimum atomic E-state index is -0.902. The van der Waals surface area contributed by atoms with E-state index in [4.69, 9.17) is 21.1 Å². The molecule has 0 spiro atoms. The van der Waals surface area contributed by atoms with Gasteiger partial charge in [-0.25, -0.2) is 4.79 Å². The maximum absolute atomic E-state index is 13.4. The third kappa shape index (κ3) is 4.95. The first kappa shape index (κ1) is 26.0. The standard InChI is InChI=1S/C29H26ClNO6/c1-4-36-23-16-19(12-15-22(23)30)26(32)24-25(21-9-7-6-8-17(21)3)31(28(34)27(24)33)20-13-10-18(11-14-20)29(35)37-5-2/h6-16,25,32H,4-5H2,1-3H3/b26-24+. The molecular formula is C29H26ClNO6. The van der Waals surface area contributed by atoms with Crippen molar-refractivity contribution < 1.29 is 29.0 Å². The van der Waals surface area contributed by atoms with E-state index in [1.807, 2.05) is 31.2 Å². The lowest BCUT2D eigenvalue weighted by molar-refractivity contribution is -0.132. The summed E-state index contributed by atoms with van der Waals surface area (Å²) >= 11 is 6.21. The molecule has 3 aromatic carbocycles. The largest absolute Gasteiger partial charge is 0.507 e. The Kier molecular flexibility index (Phi) is 7.64. The molecule has 1 heterocycles. The van der Waals surface area contributed by atoms with Crippen LogP contribution in [0, 0.1) is 6.92 Å². The number of carbonyl (C=O) groups is 3. The first-order valence-electron chi connectivity index (χ1n) is 11.8. The molecule has 3 aromatic rings. The number of carbonyl (C=O) groups excluding carboxylic acids is 3. The summed E-state index contributed by atoms with van der Waals surface area (Å²) in [5.41, 5.74) is 2.46. The van der Waals surface area contributed by atoms with Crippen LogP contribution in [0.25, 0.3) is 5.76 Å². The Morgan fingerprint density at radius 3 is 2.30 bits per heavy atom. The van der Waals surface area contributed by atoms with E-state index < -0.39 is 23.7 Å². The Morgan fingerprint density at radius 2 is 1.65 bits per heavy atom. The van der Waals surface area contributed by atoms with E-state index in [1.165, 1.54) is 23.1 Å². The van der Waals surface area contributed by atoms with Crippen LogP contribution < -0.4 is 9.64 Å². The minimum absolute atomic E-state index is 0.0569. The van der Waals surface area contributed by atoms with Crippen LogP contribution in [-0.4, -0.2) is 36.0 Å². The molecule has 1 aliphatic heterocycles. The summed E-state index contributed by atoms with van der Waals surface area (Å²) in [6.07, 6.45) is 0. The summed E-state index contributed by atoms with van der Waals surface area (Å²) in [6, 6.07) is 17.3. The van der Waals surface area contributed by atoms with Gasteiger partial charge < -0.3 is 14.6 Å². The second-order valence-corrected chi connectivity index (χ2v) is 8.78. The zero-order valence-electron chi connectivity index (χ0n) is 20.7. The van der Waals surface area contributed by atoms with Crippen LogP contribution in [-0.2, 0) is 14.3 Å². The first-order valence-corrected chi connectivity index (χ1v) is 12.2. The number of anilines is 1. The lowest BCUT2D eigenvalue weighted by atomic mass is 9.92. The van der Waals surface area contributed by atoms with E-state index in [1.54, 1.807) is 38.1 Å². The fraction of sp³-hybridized carbons (Fsp3) is 0.207. The number of nitrogens with zero attached hydrogens (tertiary/aromatic N) is 1. The van der Waals surface area contributed by atoms with E-state index in [2.05, 4.69) is 0 Å². The number of ether oxygens (including phenoxy) is 2. The summed E-state index contributed by atoms with van der Waals surface area (Å²) in [6.45, 7) is 5.98. The van der Waals surface area contributed by atoms with Crippen molar-refractivity contribution in [2.75, 3.05) is 18.1 Å². The van der Waals surface area contributed by atoms with E-state index in [0.29, 0.717) is 39.8 Å². The van der Waals surface area contributed by atoms with Gasteiger partial charge in [-0.2, -0.15) is 0 Å². The molecule has 190 valence electrons. The molecule has 0 aromatic heterocycles. The molecule has 37 heavy (non-hydrogen) atoms. The lowest BCUT2D eigenvalue weighted by Crippen LogP contribution is -2.29. The maximum Gasteiger partial charge on any atom is 0.338 e. The molecule has 1 unspecified atom stereocenters. The molecule has 1 saturated heterocycles. The summed E-state index contributed by atoms with van der Waals surface area (Å²) in [5.74, 6) is -2.09. The van der Waals surface area contributed by atoms with Crippen LogP contribution in [0.4, 0.5) is 5.69 Å². The quantitative estimate of drug-likeness (QED) is 0.182. The molecule has 0 aliphatic carbocycles. The number of amides is 1. The SMILES string of the molecule is CCOC(=O)c1ccc(N2C(=O)C(=O)/C(=C(/O)c3ccc(Cl)c(OCC)c3)C2c2ccccc2C)cc1. The Labute approximate surface area is 219 Å². The zero-order valence-corrected chi connectivity index (χ0v) is 21.4. The van der Waals surface area contributed by atoms with Crippen molar-refractivity contribution in [1.82, 2.24) is 0 Å². The van der Waals surface area contributed by atoms with Crippen molar-refractivity contribution in [3.63, 3.8) is 0 Å². The van der Waals surface area contributed by atoms with Crippen molar-refractivity contribution in [2.45, 2.75) is 26.8 Å². The molecule has 1 N–H and O–H groups in total. The van der Waals surface area contributed by atoms with Gasteiger partial charge in [0.1, 0.15) is 11.5 Å². The predicted octanol–water partition coefficient (Wildman–Crippen LogP) is 5.85. The number of hydrogen-bond donors (Lipinski definition) is 1. The highest BCUT2D eigenvalue weighted by Gasteiger charge is 2.47. The third-order valence-electron chi connectivity index (χ3n) is 6.09. The summed E-state index contributed by atoms with van der Waals surface area (Å²) in [7, 11) is 0. The van der Waals surface area contributed by atoms with Gasteiger partial charge >= 0.3 is 5.97 Å². The molecule has 1 fully saturated rings. The fourth-order valence-electron chi connectivity index (χ4n) is 4.33. The van der Waals surface area contributed by atoms with Gasteiger partial charge in [0.25, 0.3) is 11.7 Å². The van der Waals surface area contributed by atoms with Crippen molar-refractivity contribution in [3.8, 4) is 5.75 Å². The van der Waals surface area contributed by atoms with Crippen LogP contribution in [0.2, 0.25) is 5.02 Å². The zero-order chi connectivity index (χ0) is 26.7. The van der Waals surface area contributed by atoms with E-state index >= 15 is 0 Å². The Morgan fingerprint density at radius 1 is 0.973 bits per heavy atom. The monoisotopic (exact) mass is 519 g/mol. The van der Waals surface area contributed by atoms with Gasteiger partial charge in [-0.15, -0.1) is 0 Å². The highest BCUT2D eigenvalue weighted by atomic mass is 35.5. The topological polar surface area (TPSA) is 93.1 Å². The number of benzene rings is 3. The maximum atomic E-state index is 13.4. The van der Waals surface area contributed by atoms with Gasteiger partial charge in [0, 0.05) is 11.3 Å². The van der Waals surface area contributed by atoms with Crippen molar-refractivity contribution in [1.29, 1.82) is 0 Å². The molecule has 1 amide bonds. The molecule has 8 heteroatoms. The number of esters is 1. The van der Waals surface area contributed by atoms with Crippen LogP contribution >= 0.6 is 11.6 Å². The molecule has 0 bridgehead atoms. The lowest BCUT2D eigenvalue weighted by Gasteiger charge is -2.26. The molecule has 7 nitrogen and oxygen atoms in total. The molecule has 4 rings (SSSR count). The third-order valence-corrected chi connectivity index (χ3v) is 6.40. The van der Waals surface area contributed by atoms with Crippen LogP contribution in [0.1, 0.15) is 46.9 Å². The van der Waals surface area contributed by atoms with Gasteiger partial charge in [0.2, 0.25) is 0 Å². The Bertz CT molecular complexity index is 1400. The number of ketones is 1. The van der Waals surface area contributed by atoms with E-state index in [0.717, 1.165) is 5.56 Å². The Balaban J connectivity index is 1.88. The summed E-state index contributed by atoms with van der Waals surface area (Å²) < 4.78 is 10.6. The predicted molar refractivity (Wildman–Crippen MR) is 141 cm³/mol. The highest BCUT2D eigenvalue weighted by Crippen LogP contribution is 2.43. The van der Waals surface area contributed by atoms with Gasteiger partial charge in [0.15, 0.2) is 0 Å². The van der Waals surface area contributed by atoms with Gasteiger partial charge in [-0.1, -0.05) is 35.9 Å². The highest BCUT2D eigenvalue weighted by molar-refractivity contribution is 6.51. The summed E-state index contributed by atoms with van der Waals surface area (Å²) in [5, 5.41) is 11.7. The first-order chi connectivity index (χ1) is 17.8. The van der Waals surface area contributed by atoms with E-state index in [9.17, 15) is 19.5 Å². The van der Waals surface area contributed by atoms with Crippen molar-refractivity contribution in [3.05, 3.63) is 99.6 Å². The van der Waals surface area contributed by atoms with Crippen LogP contribution in [0.5, 0.6) is 5.75 Å². The number of aliphatic hydroxyl groups is 1. The minimum Gasteiger partial charge on any atom is -0.507 e. The van der Waals surface area contributed by atoms with Crippen LogP contribution in [0.3, 0.4) is 0 Å². The average Bonchev–Trinajstić information content (AvgIpc) is 3.15. The second-order valence-electron chi connectivity index (χ2n) is 8.37. The van der Waals surface area contributed by atoms with E-state index in [-0.39, 0.29) is 17.9 Å². The number of aryl methyl sites for hydroxylation is 1. The molecule has 1 atom stereocenters. The summed E-state index contributed by atoms with van der Waals surface area (Å²) in [4.78, 5) is 40.2. The van der Waals surface area contributed by atoms with Gasteiger partial charge in [0.05, 0.1) is 35.4 Å². The van der Waals surface area contributed by atoms with Crippen molar-refractivity contribution >= 4 is 40.7 Å². The number of rotatable bonds is 7. The average molecular weight is 520 g/mol. The van der Waals surface area contributed by atoms with Crippen LogP contribution in [0.15, 0.2) is 72.3 Å². The molecular weight excluding hydrogens is 494 g/mol. The van der Waals surface area contributed by atoms with Gasteiger partial charge in [-0.3, -0.25) is 14.5 Å². The Hall–Kier alpha value is -4.10. The molecule has 0 saturated carbocycles. The fourth-order valence-corrected chi connectivity index (χ4v) is 4.50. The van der Waals surface area contributed by atoms with Crippen molar-refractivity contribution in [2.24, 2.45) is 0 Å². The number of halogens is 1. The second kappa shape index (κ2) is 10.9. The number of Topliss-reactive ketones (excluding diaryl/α,β-unsaturated/α-hetero) is 1.